The van der Waals surface area contributed by atoms with E-state index in [1.165, 1.54) is 25.3 Å². The molecule has 2 aromatic rings. The van der Waals surface area contributed by atoms with Crippen molar-refractivity contribution in [2.24, 2.45) is 0 Å². The Morgan fingerprint density at radius 2 is 2.00 bits per heavy atom. The summed E-state index contributed by atoms with van der Waals surface area (Å²) in [5, 5.41) is 13.5. The molecule has 23 heavy (non-hydrogen) atoms. The van der Waals surface area contributed by atoms with Crippen molar-refractivity contribution in [3.8, 4) is 11.5 Å². The molecule has 0 radical (unpaired) electrons. The summed E-state index contributed by atoms with van der Waals surface area (Å²) in [6, 6.07) is 9.64. The molecule has 0 aliphatic carbocycles. The first-order chi connectivity index (χ1) is 11.0. The van der Waals surface area contributed by atoms with Crippen LogP contribution in [0.25, 0.3) is 0 Å². The molecular formula is C15H15N3O5. The van der Waals surface area contributed by atoms with Crippen molar-refractivity contribution >= 4 is 17.4 Å². The van der Waals surface area contributed by atoms with Gasteiger partial charge in [-0.3, -0.25) is 4.79 Å². The van der Waals surface area contributed by atoms with Crippen molar-refractivity contribution in [1.29, 1.82) is 0 Å². The molecule has 0 saturated carbocycles. The fraction of sp³-hybridized carbons (Fsp3) is 0.200. The predicted octanol–water partition coefficient (Wildman–Crippen LogP) is 2.40. The van der Waals surface area contributed by atoms with Crippen LogP contribution in [0.4, 0.5) is 11.5 Å². The number of carbonyl (C=O) groups is 1. The largest absolute Gasteiger partial charge is 0.497 e. The summed E-state index contributed by atoms with van der Waals surface area (Å²) in [6.07, 6.45) is 0.354. The fourth-order valence-electron chi connectivity index (χ4n) is 1.77. The number of carbonyl (C=O) groups excluding carboxylic acids is 1. The first-order valence-electron chi connectivity index (χ1n) is 6.72. The van der Waals surface area contributed by atoms with Crippen LogP contribution in [0.2, 0.25) is 0 Å². The van der Waals surface area contributed by atoms with E-state index in [1.807, 2.05) is 0 Å². The summed E-state index contributed by atoms with van der Waals surface area (Å²) >= 11 is 0. The number of nitrogens with zero attached hydrogens (tertiary/aromatic N) is 2. The van der Waals surface area contributed by atoms with Gasteiger partial charge < -0.3 is 24.9 Å². The number of rotatable bonds is 6. The minimum Gasteiger partial charge on any atom is -0.497 e. The van der Waals surface area contributed by atoms with Crippen LogP contribution in [0.3, 0.4) is 0 Å². The lowest BCUT2D eigenvalue weighted by Gasteiger charge is -2.14. The molecule has 0 saturated heterocycles. The lowest BCUT2D eigenvalue weighted by atomic mass is 10.3. The minimum atomic E-state index is -0.931. The number of pyridine rings is 1. The number of nitro groups is 1. The van der Waals surface area contributed by atoms with E-state index in [0.29, 0.717) is 11.4 Å². The highest BCUT2D eigenvalue weighted by atomic mass is 16.6. The third-order valence-electron chi connectivity index (χ3n) is 2.95. The van der Waals surface area contributed by atoms with Crippen molar-refractivity contribution in [3.63, 3.8) is 0 Å². The van der Waals surface area contributed by atoms with Crippen LogP contribution in [0.1, 0.15) is 6.92 Å². The number of nitrogens with one attached hydrogen (secondary N) is 1. The fourth-order valence-corrected chi connectivity index (χ4v) is 1.77. The van der Waals surface area contributed by atoms with Gasteiger partial charge in [-0.25, -0.2) is 0 Å². The van der Waals surface area contributed by atoms with E-state index < -0.39 is 22.8 Å². The summed E-state index contributed by atoms with van der Waals surface area (Å²) in [5.41, 5.74) is 0.562. The van der Waals surface area contributed by atoms with Gasteiger partial charge in [0.1, 0.15) is 11.9 Å². The van der Waals surface area contributed by atoms with Gasteiger partial charge in [-0.2, -0.15) is 0 Å². The normalized spacial score (nSPS) is 11.4. The van der Waals surface area contributed by atoms with E-state index in [-0.39, 0.29) is 5.75 Å². The molecule has 8 heteroatoms. The molecule has 1 aromatic carbocycles. The second-order valence-electron chi connectivity index (χ2n) is 4.56. The lowest BCUT2D eigenvalue weighted by Crippen LogP contribution is -2.30. The smallest absolute Gasteiger partial charge is 0.406 e. The first kappa shape index (κ1) is 16.2. The number of methoxy groups -OCH3 is 1. The number of ether oxygens (including phenoxy) is 2. The topological polar surface area (TPSA) is 104 Å². The highest BCUT2D eigenvalue weighted by Crippen LogP contribution is 2.24. The van der Waals surface area contributed by atoms with E-state index in [2.05, 4.69) is 10.3 Å². The summed E-state index contributed by atoms with van der Waals surface area (Å²) in [6.45, 7) is 1.50. The van der Waals surface area contributed by atoms with Crippen LogP contribution in [0.15, 0.2) is 42.6 Å². The van der Waals surface area contributed by atoms with Crippen molar-refractivity contribution in [1.82, 2.24) is 4.98 Å². The molecule has 0 bridgehead atoms. The zero-order valence-electron chi connectivity index (χ0n) is 12.6. The molecule has 1 N–H and O–H groups in total. The molecule has 8 nitrogen and oxygen atoms in total. The van der Waals surface area contributed by atoms with Crippen molar-refractivity contribution < 1.29 is 19.2 Å². The SMILES string of the molecule is COc1ccc(NC(=O)C(C)Oc2cccnc2[N+](=O)[O-])cc1. The van der Waals surface area contributed by atoms with Gasteiger partial charge >= 0.3 is 5.82 Å². The zero-order chi connectivity index (χ0) is 16.8. The number of hydrogen-bond donors (Lipinski definition) is 1. The van der Waals surface area contributed by atoms with Gasteiger partial charge in [0.2, 0.25) is 5.75 Å². The molecular weight excluding hydrogens is 302 g/mol. The van der Waals surface area contributed by atoms with Crippen LogP contribution in [0.5, 0.6) is 11.5 Å². The molecule has 2 rings (SSSR count). The first-order valence-corrected chi connectivity index (χ1v) is 6.72. The highest BCUT2D eigenvalue weighted by molar-refractivity contribution is 5.94. The average molecular weight is 317 g/mol. The number of anilines is 1. The van der Waals surface area contributed by atoms with Crippen molar-refractivity contribution in [2.45, 2.75) is 13.0 Å². The molecule has 0 aliphatic heterocycles. The number of hydrogen-bond acceptors (Lipinski definition) is 6. The average Bonchev–Trinajstić information content (AvgIpc) is 2.55. The second-order valence-corrected chi connectivity index (χ2v) is 4.56. The van der Waals surface area contributed by atoms with Gasteiger partial charge in [0.25, 0.3) is 5.91 Å². The maximum Gasteiger partial charge on any atom is 0.406 e. The summed E-state index contributed by atoms with van der Waals surface area (Å²) < 4.78 is 10.4. The number of benzene rings is 1. The standard InChI is InChI=1S/C15H15N3O5/c1-10(23-13-4-3-9-16-14(13)18(20)21)15(19)17-11-5-7-12(22-2)8-6-11/h3-10H,1-2H3,(H,17,19). The van der Waals surface area contributed by atoms with E-state index in [4.69, 9.17) is 9.47 Å². The maximum atomic E-state index is 12.1. The van der Waals surface area contributed by atoms with Gasteiger partial charge in [-0.15, -0.1) is 0 Å². The summed E-state index contributed by atoms with van der Waals surface area (Å²) in [5.74, 6) is -0.266. The van der Waals surface area contributed by atoms with E-state index in [9.17, 15) is 14.9 Å². The highest BCUT2D eigenvalue weighted by Gasteiger charge is 2.21. The third kappa shape index (κ3) is 4.16. The van der Waals surface area contributed by atoms with E-state index in [0.717, 1.165) is 0 Å². The summed E-state index contributed by atoms with van der Waals surface area (Å²) in [4.78, 5) is 25.9. The van der Waals surface area contributed by atoms with Crippen LogP contribution in [-0.4, -0.2) is 29.0 Å². The van der Waals surface area contributed by atoms with Gasteiger partial charge in [-0.1, -0.05) is 0 Å². The third-order valence-corrected chi connectivity index (χ3v) is 2.95. The zero-order valence-corrected chi connectivity index (χ0v) is 12.6. The van der Waals surface area contributed by atoms with Gasteiger partial charge in [0, 0.05) is 5.69 Å². The van der Waals surface area contributed by atoms with Crippen LogP contribution >= 0.6 is 0 Å². The Morgan fingerprint density at radius 3 is 2.61 bits per heavy atom. The number of amides is 1. The van der Waals surface area contributed by atoms with Crippen LogP contribution < -0.4 is 14.8 Å². The molecule has 1 atom stereocenters. The maximum absolute atomic E-state index is 12.1. The molecule has 1 aromatic heterocycles. The van der Waals surface area contributed by atoms with E-state index in [1.54, 1.807) is 31.4 Å². The van der Waals surface area contributed by atoms with Crippen molar-refractivity contribution in [2.75, 3.05) is 12.4 Å². The van der Waals surface area contributed by atoms with Gasteiger partial charge in [0.15, 0.2) is 6.10 Å². The Labute approximate surface area is 132 Å². The second kappa shape index (κ2) is 7.21. The monoisotopic (exact) mass is 317 g/mol. The summed E-state index contributed by atoms with van der Waals surface area (Å²) in [7, 11) is 1.55. The Bertz CT molecular complexity index is 703. The lowest BCUT2D eigenvalue weighted by molar-refractivity contribution is -0.390. The Morgan fingerprint density at radius 1 is 1.30 bits per heavy atom. The quantitative estimate of drug-likeness (QED) is 0.648. The minimum absolute atomic E-state index is 0.0603. The van der Waals surface area contributed by atoms with Gasteiger partial charge in [0.05, 0.1) is 7.11 Å². The molecule has 0 fully saturated rings. The molecule has 1 unspecified atom stereocenters. The number of aromatic nitrogens is 1. The molecule has 0 spiro atoms. The van der Waals surface area contributed by atoms with Crippen LogP contribution in [0, 0.1) is 10.1 Å². The Balaban J connectivity index is 2.04. The molecule has 1 heterocycles. The molecule has 0 aliphatic rings. The van der Waals surface area contributed by atoms with Crippen LogP contribution in [-0.2, 0) is 4.79 Å². The van der Waals surface area contributed by atoms with E-state index >= 15 is 0 Å². The van der Waals surface area contributed by atoms with Crippen molar-refractivity contribution in [3.05, 3.63) is 52.7 Å². The Kier molecular flexibility index (Phi) is 5.08. The predicted molar refractivity (Wildman–Crippen MR) is 82.6 cm³/mol. The molecule has 120 valence electrons. The van der Waals surface area contributed by atoms with Gasteiger partial charge in [-0.05, 0) is 53.2 Å². The Hall–Kier alpha value is -3.16. The molecule has 1 amide bonds.